The van der Waals surface area contributed by atoms with Crippen LogP contribution >= 0.6 is 11.6 Å². The smallest absolute Gasteiger partial charge is 0.245 e. The van der Waals surface area contributed by atoms with Gasteiger partial charge in [0.05, 0.1) is 17.0 Å². The van der Waals surface area contributed by atoms with Crippen LogP contribution in [-0.2, 0) is 14.8 Å². The highest BCUT2D eigenvalue weighted by atomic mass is 35.5. The van der Waals surface area contributed by atoms with Crippen molar-refractivity contribution >= 4 is 38.9 Å². The minimum absolute atomic E-state index is 0.299. The Hall–Kier alpha value is -2.05. The molecule has 1 N–H and O–H groups in total. The topological polar surface area (TPSA) is 66.5 Å². The molecule has 5 nitrogen and oxygen atoms in total. The number of carbonyl (C=O) groups is 1. The van der Waals surface area contributed by atoms with E-state index in [0.717, 1.165) is 27.3 Å². The Labute approximate surface area is 160 Å². The van der Waals surface area contributed by atoms with Gasteiger partial charge in [0, 0.05) is 5.69 Å². The fourth-order valence-electron chi connectivity index (χ4n) is 2.79. The molecule has 0 aromatic heterocycles. The number of carbonyl (C=O) groups excluding carboxylic acids is 1. The highest BCUT2D eigenvalue weighted by Gasteiger charge is 2.25. The maximum Gasteiger partial charge on any atom is 0.245 e. The maximum atomic E-state index is 12.5. The summed E-state index contributed by atoms with van der Waals surface area (Å²) in [5.41, 5.74) is 4.59. The lowest BCUT2D eigenvalue weighted by Gasteiger charge is -2.25. The Balaban J connectivity index is 2.36. The van der Waals surface area contributed by atoms with Gasteiger partial charge in [0.25, 0.3) is 0 Å². The Bertz CT molecular complexity index is 932. The lowest BCUT2D eigenvalue weighted by atomic mass is 10.1. The third-order valence-electron chi connectivity index (χ3n) is 4.21. The van der Waals surface area contributed by atoms with Crippen LogP contribution in [0.5, 0.6) is 0 Å². The molecule has 2 rings (SSSR count). The van der Waals surface area contributed by atoms with Crippen LogP contribution in [0.25, 0.3) is 0 Å². The van der Waals surface area contributed by atoms with Crippen LogP contribution in [0.2, 0.25) is 5.02 Å². The second-order valence-corrected chi connectivity index (χ2v) is 8.79. The van der Waals surface area contributed by atoms with Gasteiger partial charge in [-0.25, -0.2) is 8.42 Å². The van der Waals surface area contributed by atoms with E-state index in [2.05, 4.69) is 5.32 Å². The van der Waals surface area contributed by atoms with Crippen molar-refractivity contribution in [3.8, 4) is 0 Å². The monoisotopic (exact) mass is 394 g/mol. The summed E-state index contributed by atoms with van der Waals surface area (Å²) in [6, 6.07) is 9.10. The Morgan fingerprint density at radius 1 is 1.12 bits per heavy atom. The van der Waals surface area contributed by atoms with Gasteiger partial charge in [0.2, 0.25) is 15.9 Å². The number of hydrogen-bond acceptors (Lipinski definition) is 3. The molecule has 0 saturated carbocycles. The summed E-state index contributed by atoms with van der Waals surface area (Å²) < 4.78 is 25.7. The first-order valence-electron chi connectivity index (χ1n) is 8.11. The fourth-order valence-corrected chi connectivity index (χ4v) is 4.19. The molecule has 140 valence electrons. The van der Waals surface area contributed by atoms with E-state index in [-0.39, 0.29) is 6.54 Å². The number of benzene rings is 2. The van der Waals surface area contributed by atoms with Crippen LogP contribution in [-0.4, -0.2) is 27.1 Å². The van der Waals surface area contributed by atoms with Crippen LogP contribution in [0, 0.1) is 27.7 Å². The van der Waals surface area contributed by atoms with Gasteiger partial charge in [-0.1, -0.05) is 29.8 Å². The maximum absolute atomic E-state index is 12.5. The molecule has 0 bridgehead atoms. The van der Waals surface area contributed by atoms with E-state index in [9.17, 15) is 13.2 Å². The number of halogens is 1. The lowest BCUT2D eigenvalue weighted by molar-refractivity contribution is -0.114. The summed E-state index contributed by atoms with van der Waals surface area (Å²) in [6.45, 7) is 7.15. The summed E-state index contributed by atoms with van der Waals surface area (Å²) >= 11 is 6.29. The number of hydrogen-bond donors (Lipinski definition) is 1. The molecular weight excluding hydrogens is 372 g/mol. The quantitative estimate of drug-likeness (QED) is 0.834. The lowest BCUT2D eigenvalue weighted by Crippen LogP contribution is -2.38. The van der Waals surface area contributed by atoms with E-state index in [0.29, 0.717) is 22.0 Å². The molecule has 0 unspecified atom stereocenters. The number of nitrogens with zero attached hydrogens (tertiary/aromatic N) is 1. The fraction of sp³-hybridized carbons (Fsp3) is 0.316. The summed E-state index contributed by atoms with van der Waals surface area (Å²) in [4.78, 5) is 12.5. The van der Waals surface area contributed by atoms with Crippen LogP contribution in [0.4, 0.5) is 11.4 Å². The Morgan fingerprint density at radius 3 is 2.35 bits per heavy atom. The van der Waals surface area contributed by atoms with Crippen molar-refractivity contribution in [3.63, 3.8) is 0 Å². The molecule has 0 fully saturated rings. The standard InChI is InChI=1S/C19H23ClN2O3S/c1-12-9-14(3)19(16(20)10-12)22(26(5,24)25)11-18(23)21-17-8-6-7-13(2)15(17)4/h6-10H,11H2,1-5H3,(H,21,23). The molecule has 0 heterocycles. The molecule has 0 aliphatic heterocycles. The molecular formula is C19H23ClN2O3S. The highest BCUT2D eigenvalue weighted by Crippen LogP contribution is 2.32. The zero-order chi connectivity index (χ0) is 19.6. The second kappa shape index (κ2) is 7.68. The molecule has 0 radical (unpaired) electrons. The number of nitrogens with one attached hydrogen (secondary N) is 1. The second-order valence-electron chi connectivity index (χ2n) is 6.48. The first kappa shape index (κ1) is 20.3. The Morgan fingerprint density at radius 2 is 1.77 bits per heavy atom. The molecule has 0 aliphatic rings. The van der Waals surface area contributed by atoms with Gasteiger partial charge in [-0.05, 0) is 62.1 Å². The molecule has 26 heavy (non-hydrogen) atoms. The molecule has 2 aromatic carbocycles. The van der Waals surface area contributed by atoms with E-state index >= 15 is 0 Å². The van der Waals surface area contributed by atoms with Gasteiger partial charge < -0.3 is 5.32 Å². The highest BCUT2D eigenvalue weighted by molar-refractivity contribution is 7.92. The van der Waals surface area contributed by atoms with Gasteiger partial charge in [-0.2, -0.15) is 0 Å². The number of rotatable bonds is 5. The van der Waals surface area contributed by atoms with Crippen molar-refractivity contribution < 1.29 is 13.2 Å². The minimum Gasteiger partial charge on any atom is -0.324 e. The summed E-state index contributed by atoms with van der Waals surface area (Å²) in [7, 11) is -3.69. The predicted molar refractivity (Wildman–Crippen MR) is 108 cm³/mol. The summed E-state index contributed by atoms with van der Waals surface area (Å²) in [6.07, 6.45) is 1.06. The molecule has 1 amide bonds. The molecule has 0 saturated heterocycles. The van der Waals surface area contributed by atoms with Crippen molar-refractivity contribution in [2.45, 2.75) is 27.7 Å². The van der Waals surface area contributed by atoms with Gasteiger partial charge in [-0.3, -0.25) is 9.10 Å². The normalized spacial score (nSPS) is 11.3. The average Bonchev–Trinajstić information content (AvgIpc) is 2.49. The van der Waals surface area contributed by atoms with E-state index in [1.165, 1.54) is 0 Å². The number of amides is 1. The van der Waals surface area contributed by atoms with Crippen LogP contribution in [0.15, 0.2) is 30.3 Å². The summed E-state index contributed by atoms with van der Waals surface area (Å²) in [5, 5.41) is 3.08. The zero-order valence-electron chi connectivity index (χ0n) is 15.6. The van der Waals surface area contributed by atoms with Crippen molar-refractivity contribution in [1.82, 2.24) is 0 Å². The largest absolute Gasteiger partial charge is 0.324 e. The zero-order valence-corrected chi connectivity index (χ0v) is 17.1. The van der Waals surface area contributed by atoms with Crippen LogP contribution in [0.1, 0.15) is 22.3 Å². The molecule has 2 aromatic rings. The van der Waals surface area contributed by atoms with Crippen molar-refractivity contribution in [2.24, 2.45) is 0 Å². The SMILES string of the molecule is Cc1cc(C)c(N(CC(=O)Nc2cccc(C)c2C)S(C)(=O)=O)c(Cl)c1. The van der Waals surface area contributed by atoms with Gasteiger partial charge >= 0.3 is 0 Å². The molecule has 0 spiro atoms. The number of sulfonamides is 1. The van der Waals surface area contributed by atoms with Gasteiger partial charge in [-0.15, -0.1) is 0 Å². The molecule has 7 heteroatoms. The van der Waals surface area contributed by atoms with Crippen LogP contribution < -0.4 is 9.62 Å². The van der Waals surface area contributed by atoms with Gasteiger partial charge in [0.1, 0.15) is 6.54 Å². The van der Waals surface area contributed by atoms with E-state index in [1.54, 1.807) is 19.1 Å². The molecule has 0 aliphatic carbocycles. The van der Waals surface area contributed by atoms with Crippen molar-refractivity contribution in [1.29, 1.82) is 0 Å². The van der Waals surface area contributed by atoms with Gasteiger partial charge in [0.15, 0.2) is 0 Å². The third kappa shape index (κ3) is 4.56. The first-order chi connectivity index (χ1) is 12.0. The van der Waals surface area contributed by atoms with E-state index in [1.807, 2.05) is 39.0 Å². The van der Waals surface area contributed by atoms with Crippen LogP contribution in [0.3, 0.4) is 0 Å². The third-order valence-corrected chi connectivity index (χ3v) is 5.61. The Kier molecular flexibility index (Phi) is 5.98. The van der Waals surface area contributed by atoms with E-state index < -0.39 is 15.9 Å². The van der Waals surface area contributed by atoms with E-state index in [4.69, 9.17) is 11.6 Å². The van der Waals surface area contributed by atoms with Crippen molar-refractivity contribution in [2.75, 3.05) is 22.4 Å². The number of anilines is 2. The average molecular weight is 395 g/mol. The first-order valence-corrected chi connectivity index (χ1v) is 10.3. The van der Waals surface area contributed by atoms with Crippen molar-refractivity contribution in [3.05, 3.63) is 57.6 Å². The minimum atomic E-state index is -3.69. The predicted octanol–water partition coefficient (Wildman–Crippen LogP) is 3.98. The summed E-state index contributed by atoms with van der Waals surface area (Å²) in [5.74, 6) is -0.430. The number of aryl methyl sites for hydroxylation is 3. The molecule has 0 atom stereocenters.